The lowest BCUT2D eigenvalue weighted by Gasteiger charge is -1.94. The Balaban J connectivity index is 2.15. The number of thioether (sulfide) groups is 1. The summed E-state index contributed by atoms with van der Waals surface area (Å²) in [7, 11) is 0. The third kappa shape index (κ3) is 3.23. The molecule has 5 heteroatoms. The quantitative estimate of drug-likeness (QED) is 0.530. The summed E-state index contributed by atoms with van der Waals surface area (Å²) in [6, 6.07) is 0. The van der Waals surface area contributed by atoms with E-state index in [1.807, 2.05) is 6.92 Å². The van der Waals surface area contributed by atoms with E-state index in [0.29, 0.717) is 0 Å². The zero-order valence-electron chi connectivity index (χ0n) is 7.21. The van der Waals surface area contributed by atoms with Gasteiger partial charge >= 0.3 is 0 Å². The number of nitrogens with two attached hydrogens (primary N) is 1. The van der Waals surface area contributed by atoms with Crippen LogP contribution in [-0.2, 0) is 0 Å². The summed E-state index contributed by atoms with van der Waals surface area (Å²) in [6.45, 7) is 2.67. The molecule has 1 aromatic rings. The van der Waals surface area contributed by atoms with E-state index in [1.54, 1.807) is 11.8 Å². The lowest BCUT2D eigenvalue weighted by molar-refractivity contribution is 0.812. The van der Waals surface area contributed by atoms with Crippen LogP contribution in [0.25, 0.3) is 0 Å². The first-order valence-electron chi connectivity index (χ1n) is 4.05. The van der Waals surface area contributed by atoms with Crippen LogP contribution in [0.4, 0.5) is 0 Å². The lowest BCUT2D eigenvalue weighted by atomic mass is 10.3. The highest BCUT2D eigenvalue weighted by Crippen LogP contribution is 2.13. The Morgan fingerprint density at radius 1 is 1.50 bits per heavy atom. The molecule has 1 rings (SSSR count). The molecular weight excluding hydrogens is 172 g/mol. The summed E-state index contributed by atoms with van der Waals surface area (Å²) in [5, 5.41) is 7.65. The summed E-state index contributed by atoms with van der Waals surface area (Å²) in [6.07, 6.45) is 2.21. The summed E-state index contributed by atoms with van der Waals surface area (Å²) in [5.41, 5.74) is 5.37. The minimum Gasteiger partial charge on any atom is -0.330 e. The van der Waals surface area contributed by atoms with Gasteiger partial charge in [-0.2, -0.15) is 0 Å². The maximum atomic E-state index is 5.37. The van der Waals surface area contributed by atoms with E-state index in [2.05, 4.69) is 15.2 Å². The highest BCUT2D eigenvalue weighted by atomic mass is 32.2. The zero-order valence-corrected chi connectivity index (χ0v) is 8.02. The van der Waals surface area contributed by atoms with Gasteiger partial charge in [0, 0.05) is 5.75 Å². The third-order valence-electron chi connectivity index (χ3n) is 1.41. The normalized spacial score (nSPS) is 10.5. The number of nitrogens with zero attached hydrogens (tertiary/aromatic N) is 2. The Morgan fingerprint density at radius 3 is 2.92 bits per heavy atom. The lowest BCUT2D eigenvalue weighted by Crippen LogP contribution is -1.98. The molecule has 68 valence electrons. The summed E-state index contributed by atoms with van der Waals surface area (Å²) in [5.74, 6) is 1.92. The molecule has 0 fully saturated rings. The SMILES string of the molecule is Cc1nc(SCCCCN)n[nH]1. The second-order valence-corrected chi connectivity index (χ2v) is 3.61. The molecule has 12 heavy (non-hydrogen) atoms. The van der Waals surface area contributed by atoms with Gasteiger partial charge in [0.25, 0.3) is 0 Å². The molecule has 1 heterocycles. The van der Waals surface area contributed by atoms with Crippen LogP contribution in [0.1, 0.15) is 18.7 Å². The van der Waals surface area contributed by atoms with E-state index in [0.717, 1.165) is 36.1 Å². The van der Waals surface area contributed by atoms with E-state index >= 15 is 0 Å². The minimum atomic E-state index is 0.771. The number of nitrogens with one attached hydrogen (secondary N) is 1. The Hall–Kier alpha value is -0.550. The predicted octanol–water partition coefficient (Wildman–Crippen LogP) is 0.944. The second-order valence-electron chi connectivity index (χ2n) is 2.55. The van der Waals surface area contributed by atoms with Gasteiger partial charge in [0.05, 0.1) is 0 Å². The van der Waals surface area contributed by atoms with Gasteiger partial charge in [-0.05, 0) is 26.3 Å². The number of aromatic amines is 1. The van der Waals surface area contributed by atoms with Crippen molar-refractivity contribution in [1.29, 1.82) is 0 Å². The summed E-state index contributed by atoms with van der Waals surface area (Å²) in [4.78, 5) is 4.17. The Morgan fingerprint density at radius 2 is 2.33 bits per heavy atom. The first kappa shape index (κ1) is 9.54. The van der Waals surface area contributed by atoms with Crippen molar-refractivity contribution in [2.75, 3.05) is 12.3 Å². The molecule has 0 spiro atoms. The standard InChI is InChI=1S/C7H14N4S/c1-6-9-7(11-10-6)12-5-3-2-4-8/h2-5,8H2,1H3,(H,9,10,11). The van der Waals surface area contributed by atoms with Crippen molar-refractivity contribution in [3.05, 3.63) is 5.82 Å². The number of aryl methyl sites for hydroxylation is 1. The monoisotopic (exact) mass is 186 g/mol. The van der Waals surface area contributed by atoms with Gasteiger partial charge in [-0.25, -0.2) is 4.98 Å². The Bertz CT molecular complexity index is 223. The van der Waals surface area contributed by atoms with Crippen LogP contribution in [-0.4, -0.2) is 27.5 Å². The van der Waals surface area contributed by atoms with Gasteiger partial charge in [-0.15, -0.1) is 5.10 Å². The molecule has 1 aromatic heterocycles. The van der Waals surface area contributed by atoms with E-state index in [4.69, 9.17) is 5.73 Å². The third-order valence-corrected chi connectivity index (χ3v) is 2.34. The van der Waals surface area contributed by atoms with E-state index in [9.17, 15) is 0 Å². The van der Waals surface area contributed by atoms with Gasteiger partial charge in [-0.3, -0.25) is 5.10 Å². The maximum Gasteiger partial charge on any atom is 0.208 e. The number of unbranched alkanes of at least 4 members (excludes halogenated alkanes) is 1. The van der Waals surface area contributed by atoms with Crippen LogP contribution in [0.2, 0.25) is 0 Å². The van der Waals surface area contributed by atoms with Crippen molar-refractivity contribution < 1.29 is 0 Å². The summed E-state index contributed by atoms with van der Waals surface area (Å²) >= 11 is 1.67. The first-order valence-corrected chi connectivity index (χ1v) is 5.03. The van der Waals surface area contributed by atoms with Crippen LogP contribution in [0.3, 0.4) is 0 Å². The number of H-pyrrole nitrogens is 1. The van der Waals surface area contributed by atoms with Gasteiger partial charge < -0.3 is 5.73 Å². The van der Waals surface area contributed by atoms with Gasteiger partial charge in [0.2, 0.25) is 5.16 Å². The minimum absolute atomic E-state index is 0.771. The molecule has 0 saturated carbocycles. The molecule has 0 aliphatic carbocycles. The van der Waals surface area contributed by atoms with Crippen molar-refractivity contribution in [3.8, 4) is 0 Å². The second kappa shape index (κ2) is 5.16. The molecule has 0 amide bonds. The number of rotatable bonds is 5. The van der Waals surface area contributed by atoms with Gasteiger partial charge in [0.15, 0.2) is 0 Å². The Labute approximate surface area is 76.3 Å². The van der Waals surface area contributed by atoms with Crippen molar-refractivity contribution in [1.82, 2.24) is 15.2 Å². The molecule has 0 bridgehead atoms. The Kier molecular flexibility index (Phi) is 4.10. The smallest absolute Gasteiger partial charge is 0.208 e. The molecule has 0 aliphatic heterocycles. The largest absolute Gasteiger partial charge is 0.330 e. The van der Waals surface area contributed by atoms with Crippen molar-refractivity contribution in [2.45, 2.75) is 24.9 Å². The van der Waals surface area contributed by atoms with Gasteiger partial charge in [-0.1, -0.05) is 11.8 Å². The van der Waals surface area contributed by atoms with Crippen molar-refractivity contribution in [3.63, 3.8) is 0 Å². The topological polar surface area (TPSA) is 67.6 Å². The average molecular weight is 186 g/mol. The van der Waals surface area contributed by atoms with Crippen LogP contribution in [0.5, 0.6) is 0 Å². The molecule has 0 aromatic carbocycles. The van der Waals surface area contributed by atoms with Crippen LogP contribution in [0, 0.1) is 6.92 Å². The fourth-order valence-electron chi connectivity index (χ4n) is 0.797. The molecule has 0 unspecified atom stereocenters. The molecule has 4 nitrogen and oxygen atoms in total. The zero-order chi connectivity index (χ0) is 8.81. The van der Waals surface area contributed by atoms with E-state index < -0.39 is 0 Å². The highest BCUT2D eigenvalue weighted by molar-refractivity contribution is 7.99. The maximum absolute atomic E-state index is 5.37. The molecule has 0 radical (unpaired) electrons. The van der Waals surface area contributed by atoms with Crippen LogP contribution in [0.15, 0.2) is 5.16 Å². The van der Waals surface area contributed by atoms with Crippen molar-refractivity contribution in [2.24, 2.45) is 5.73 Å². The number of hydrogen-bond donors (Lipinski definition) is 2. The predicted molar refractivity (Wildman–Crippen MR) is 50.1 cm³/mol. The van der Waals surface area contributed by atoms with E-state index in [1.165, 1.54) is 0 Å². The fraction of sp³-hybridized carbons (Fsp3) is 0.714. The first-order chi connectivity index (χ1) is 5.83. The van der Waals surface area contributed by atoms with Crippen molar-refractivity contribution >= 4 is 11.8 Å². The number of aromatic nitrogens is 3. The molecule has 3 N–H and O–H groups in total. The van der Waals surface area contributed by atoms with Crippen LogP contribution >= 0.6 is 11.8 Å². The molecule has 0 aliphatic rings. The summed E-state index contributed by atoms with van der Waals surface area (Å²) < 4.78 is 0. The molecular formula is C7H14N4S. The molecule has 0 saturated heterocycles. The fourth-order valence-corrected chi connectivity index (χ4v) is 1.64. The number of hydrogen-bond acceptors (Lipinski definition) is 4. The van der Waals surface area contributed by atoms with E-state index in [-0.39, 0.29) is 0 Å². The molecule has 0 atom stereocenters. The van der Waals surface area contributed by atoms with Crippen LogP contribution < -0.4 is 5.73 Å². The highest BCUT2D eigenvalue weighted by Gasteiger charge is 1.98. The average Bonchev–Trinajstić information content (AvgIpc) is 2.45. The van der Waals surface area contributed by atoms with Gasteiger partial charge in [0.1, 0.15) is 5.82 Å².